The number of hydrogen-bond donors (Lipinski definition) is 2. The average molecular weight is 344 g/mol. The summed E-state index contributed by atoms with van der Waals surface area (Å²) in [6.45, 7) is 2.22. The van der Waals surface area contributed by atoms with Crippen LogP contribution in [0.5, 0.6) is 0 Å². The zero-order chi connectivity index (χ0) is 13.7. The van der Waals surface area contributed by atoms with E-state index in [1.807, 2.05) is 12.1 Å². The number of ether oxygens (including phenoxy) is 1. The lowest BCUT2D eigenvalue weighted by molar-refractivity contribution is 0.0936. The van der Waals surface area contributed by atoms with Crippen molar-refractivity contribution in [2.45, 2.75) is 24.2 Å². The summed E-state index contributed by atoms with van der Waals surface area (Å²) >= 11 is 7.61. The van der Waals surface area contributed by atoms with E-state index in [1.165, 1.54) is 12.8 Å². The summed E-state index contributed by atoms with van der Waals surface area (Å²) < 4.78 is 6.30. The predicted octanol–water partition coefficient (Wildman–Crippen LogP) is 3.28. The van der Waals surface area contributed by atoms with Crippen molar-refractivity contribution in [3.05, 3.63) is 28.2 Å². The Morgan fingerprint density at radius 3 is 3.00 bits per heavy atom. The average Bonchev–Trinajstić information content (AvgIpc) is 3.20. The zero-order valence-corrected chi connectivity index (χ0v) is 13.2. The quantitative estimate of drug-likeness (QED) is 0.589. The van der Waals surface area contributed by atoms with Gasteiger partial charge in [-0.05, 0) is 59.3 Å². The first-order valence-electron chi connectivity index (χ1n) is 6.51. The number of hydrogen-bond acceptors (Lipinski definition) is 3. The molecule has 3 nitrogen and oxygen atoms in total. The first-order valence-corrected chi connectivity index (χ1v) is 7.75. The van der Waals surface area contributed by atoms with Crippen molar-refractivity contribution in [2.75, 3.05) is 19.8 Å². The number of benzene rings is 1. The van der Waals surface area contributed by atoms with E-state index >= 15 is 0 Å². The van der Waals surface area contributed by atoms with E-state index in [9.17, 15) is 4.79 Å². The fraction of sp³-hybridized carbons (Fsp3) is 0.500. The van der Waals surface area contributed by atoms with Crippen LogP contribution in [-0.4, -0.2) is 25.7 Å². The number of halogens is 1. The van der Waals surface area contributed by atoms with Gasteiger partial charge in [0.2, 0.25) is 0 Å². The minimum atomic E-state index is -0.0787. The Morgan fingerprint density at radius 2 is 2.26 bits per heavy atom. The van der Waals surface area contributed by atoms with Crippen LogP contribution in [0.15, 0.2) is 27.6 Å². The molecule has 0 heterocycles. The summed E-state index contributed by atoms with van der Waals surface area (Å²) in [4.78, 5) is 12.7. The minimum Gasteiger partial charge on any atom is -0.381 e. The monoisotopic (exact) mass is 343 g/mol. The number of rotatable bonds is 7. The Balaban J connectivity index is 1.66. The van der Waals surface area contributed by atoms with Gasteiger partial charge in [0.25, 0.3) is 5.91 Å². The molecule has 104 valence electrons. The van der Waals surface area contributed by atoms with Crippen LogP contribution in [0.3, 0.4) is 0 Å². The standard InChI is InChI=1S/C14H18BrNO2S/c15-13-5-4-11(19)8-12(13)14(17)16-6-1-7-18-9-10-2-3-10/h4-5,8,10,19H,1-3,6-7,9H2,(H,16,17). The van der Waals surface area contributed by atoms with Crippen LogP contribution in [0.2, 0.25) is 0 Å². The molecular weight excluding hydrogens is 326 g/mol. The smallest absolute Gasteiger partial charge is 0.252 e. The van der Waals surface area contributed by atoms with E-state index < -0.39 is 0 Å². The molecule has 0 spiro atoms. The minimum absolute atomic E-state index is 0.0787. The normalized spacial score (nSPS) is 14.4. The maximum Gasteiger partial charge on any atom is 0.252 e. The second-order valence-corrected chi connectivity index (χ2v) is 6.16. The van der Waals surface area contributed by atoms with E-state index in [1.54, 1.807) is 6.07 Å². The first-order chi connectivity index (χ1) is 9.16. The molecular formula is C14H18BrNO2S. The van der Waals surface area contributed by atoms with Gasteiger partial charge in [0, 0.05) is 29.1 Å². The molecule has 19 heavy (non-hydrogen) atoms. The molecule has 5 heteroatoms. The number of thiol groups is 1. The lowest BCUT2D eigenvalue weighted by Crippen LogP contribution is -2.25. The Kier molecular flexibility index (Phi) is 5.73. The summed E-state index contributed by atoms with van der Waals surface area (Å²) in [6, 6.07) is 5.43. The molecule has 0 saturated heterocycles. The maximum absolute atomic E-state index is 12.0. The second-order valence-electron chi connectivity index (χ2n) is 4.79. The summed E-state index contributed by atoms with van der Waals surface area (Å²) in [5, 5.41) is 2.89. The van der Waals surface area contributed by atoms with Crippen LogP contribution in [0.4, 0.5) is 0 Å². The first kappa shape index (κ1) is 14.9. The highest BCUT2D eigenvalue weighted by Gasteiger charge is 2.20. The molecule has 1 aliphatic carbocycles. The number of carbonyl (C=O) groups excluding carboxylic acids is 1. The van der Waals surface area contributed by atoms with Crippen LogP contribution in [0, 0.1) is 5.92 Å². The molecule has 1 fully saturated rings. The number of amides is 1. The highest BCUT2D eigenvalue weighted by molar-refractivity contribution is 9.10. The summed E-state index contributed by atoms with van der Waals surface area (Å²) in [6.07, 6.45) is 3.46. The van der Waals surface area contributed by atoms with Crippen LogP contribution < -0.4 is 5.32 Å². The molecule has 0 radical (unpaired) electrons. The molecule has 1 aliphatic rings. The molecule has 0 aromatic heterocycles. The Bertz CT molecular complexity index is 449. The van der Waals surface area contributed by atoms with Gasteiger partial charge >= 0.3 is 0 Å². The molecule has 0 aliphatic heterocycles. The van der Waals surface area contributed by atoms with Crippen LogP contribution in [0.1, 0.15) is 29.6 Å². The molecule has 1 saturated carbocycles. The van der Waals surface area contributed by atoms with Crippen LogP contribution in [0.25, 0.3) is 0 Å². The van der Waals surface area contributed by atoms with Crippen LogP contribution in [-0.2, 0) is 4.74 Å². The van der Waals surface area contributed by atoms with Gasteiger partial charge in [-0.2, -0.15) is 0 Å². The van der Waals surface area contributed by atoms with E-state index in [0.717, 1.165) is 28.3 Å². The van der Waals surface area contributed by atoms with Gasteiger partial charge in [-0.3, -0.25) is 4.79 Å². The van der Waals surface area contributed by atoms with Crippen molar-refractivity contribution < 1.29 is 9.53 Å². The van der Waals surface area contributed by atoms with E-state index in [4.69, 9.17) is 4.74 Å². The summed E-state index contributed by atoms with van der Waals surface area (Å²) in [7, 11) is 0. The number of carbonyl (C=O) groups is 1. The van der Waals surface area contributed by atoms with Crippen molar-refractivity contribution in [3.63, 3.8) is 0 Å². The van der Waals surface area contributed by atoms with Gasteiger partial charge in [0.05, 0.1) is 5.56 Å². The molecule has 0 atom stereocenters. The van der Waals surface area contributed by atoms with Crippen molar-refractivity contribution >= 4 is 34.5 Å². The third-order valence-electron chi connectivity index (χ3n) is 3.00. The molecule has 1 aromatic rings. The zero-order valence-electron chi connectivity index (χ0n) is 10.7. The second kappa shape index (κ2) is 7.31. The topological polar surface area (TPSA) is 38.3 Å². The lowest BCUT2D eigenvalue weighted by Gasteiger charge is -2.08. The Hall–Kier alpha value is -0.520. The van der Waals surface area contributed by atoms with E-state index in [-0.39, 0.29) is 5.91 Å². The molecule has 1 aromatic carbocycles. The summed E-state index contributed by atoms with van der Waals surface area (Å²) in [5.74, 6) is 0.716. The molecule has 1 amide bonds. The Labute approximate surface area is 127 Å². The van der Waals surface area contributed by atoms with Crippen LogP contribution >= 0.6 is 28.6 Å². The van der Waals surface area contributed by atoms with E-state index in [0.29, 0.717) is 18.7 Å². The number of nitrogens with one attached hydrogen (secondary N) is 1. The van der Waals surface area contributed by atoms with Crippen molar-refractivity contribution in [2.24, 2.45) is 5.92 Å². The molecule has 1 N–H and O–H groups in total. The highest BCUT2D eigenvalue weighted by Crippen LogP contribution is 2.28. The van der Waals surface area contributed by atoms with Gasteiger partial charge < -0.3 is 10.1 Å². The molecule has 2 rings (SSSR count). The SMILES string of the molecule is O=C(NCCCOCC1CC1)c1cc(S)ccc1Br. The largest absolute Gasteiger partial charge is 0.381 e. The third-order valence-corrected chi connectivity index (χ3v) is 3.97. The lowest BCUT2D eigenvalue weighted by atomic mass is 10.2. The molecule has 0 unspecified atom stereocenters. The van der Waals surface area contributed by atoms with Crippen molar-refractivity contribution in [3.8, 4) is 0 Å². The fourth-order valence-electron chi connectivity index (χ4n) is 1.69. The maximum atomic E-state index is 12.0. The predicted molar refractivity (Wildman–Crippen MR) is 81.9 cm³/mol. The van der Waals surface area contributed by atoms with E-state index in [2.05, 4.69) is 33.9 Å². The van der Waals surface area contributed by atoms with Gasteiger partial charge in [0.15, 0.2) is 0 Å². The van der Waals surface area contributed by atoms with Gasteiger partial charge in [0.1, 0.15) is 0 Å². The van der Waals surface area contributed by atoms with Crippen molar-refractivity contribution in [1.82, 2.24) is 5.32 Å². The summed E-state index contributed by atoms with van der Waals surface area (Å²) in [5.41, 5.74) is 0.617. The van der Waals surface area contributed by atoms with Gasteiger partial charge in [-0.25, -0.2) is 0 Å². The van der Waals surface area contributed by atoms with Crippen molar-refractivity contribution in [1.29, 1.82) is 0 Å². The Morgan fingerprint density at radius 1 is 1.47 bits per heavy atom. The van der Waals surface area contributed by atoms with Gasteiger partial charge in [-0.15, -0.1) is 12.6 Å². The fourth-order valence-corrected chi connectivity index (χ4v) is 2.32. The highest BCUT2D eigenvalue weighted by atomic mass is 79.9. The van der Waals surface area contributed by atoms with Gasteiger partial charge in [-0.1, -0.05) is 0 Å². The molecule has 0 bridgehead atoms. The third kappa shape index (κ3) is 5.16.